The highest BCUT2D eigenvalue weighted by atomic mass is 79.9. The quantitative estimate of drug-likeness (QED) is 0.834. The molecule has 0 heterocycles. The molecule has 0 aliphatic carbocycles. The van der Waals surface area contributed by atoms with E-state index in [0.29, 0.717) is 11.0 Å². The molecule has 2 rings (SSSR count). The second-order valence-electron chi connectivity index (χ2n) is 4.27. The van der Waals surface area contributed by atoms with Crippen LogP contribution in [0.2, 0.25) is 0 Å². The molecule has 100 valence electrons. The van der Waals surface area contributed by atoms with E-state index in [-0.39, 0.29) is 5.82 Å². The van der Waals surface area contributed by atoms with Gasteiger partial charge in [0.2, 0.25) is 0 Å². The first-order chi connectivity index (χ1) is 9.11. The summed E-state index contributed by atoms with van der Waals surface area (Å²) in [7, 11) is 3.61. The van der Waals surface area contributed by atoms with Gasteiger partial charge in [0.15, 0.2) is 0 Å². The van der Waals surface area contributed by atoms with Gasteiger partial charge in [0, 0.05) is 19.3 Å². The van der Waals surface area contributed by atoms with Crippen molar-refractivity contribution in [3.8, 4) is 5.75 Å². The molecule has 0 saturated heterocycles. The summed E-state index contributed by atoms with van der Waals surface area (Å²) in [5.41, 5.74) is 1.97. The molecule has 0 unspecified atom stereocenters. The number of hydrogen-bond donors (Lipinski definition) is 0. The monoisotopic (exact) mass is 323 g/mol. The Kier molecular flexibility index (Phi) is 4.43. The minimum atomic E-state index is -0.236. The lowest BCUT2D eigenvalue weighted by Gasteiger charge is -2.20. The standard InChI is InChI=1S/C15H15BrFNO/c1-18(12-6-8-13(19-2)9-7-12)10-11-4-3-5-14(17)15(11)16/h3-9H,10H2,1-2H3. The van der Waals surface area contributed by atoms with E-state index < -0.39 is 0 Å². The predicted octanol–water partition coefficient (Wildman–Crippen LogP) is 4.23. The second kappa shape index (κ2) is 6.06. The summed E-state index contributed by atoms with van der Waals surface area (Å²) in [6, 6.07) is 12.8. The minimum absolute atomic E-state index is 0.236. The van der Waals surface area contributed by atoms with E-state index in [9.17, 15) is 4.39 Å². The normalized spacial score (nSPS) is 10.3. The van der Waals surface area contributed by atoms with Crippen molar-refractivity contribution in [1.29, 1.82) is 0 Å². The van der Waals surface area contributed by atoms with Crippen LogP contribution in [-0.4, -0.2) is 14.2 Å². The van der Waals surface area contributed by atoms with Gasteiger partial charge in [-0.05, 0) is 51.8 Å². The van der Waals surface area contributed by atoms with Crippen molar-refractivity contribution in [3.63, 3.8) is 0 Å². The summed E-state index contributed by atoms with van der Waals surface area (Å²) in [5, 5.41) is 0. The van der Waals surface area contributed by atoms with Crippen molar-refractivity contribution in [3.05, 3.63) is 58.3 Å². The smallest absolute Gasteiger partial charge is 0.137 e. The maximum Gasteiger partial charge on any atom is 0.137 e. The van der Waals surface area contributed by atoms with Crippen LogP contribution in [0.25, 0.3) is 0 Å². The Bertz CT molecular complexity index is 557. The van der Waals surface area contributed by atoms with Gasteiger partial charge in [-0.3, -0.25) is 0 Å². The first-order valence-electron chi connectivity index (χ1n) is 5.90. The van der Waals surface area contributed by atoms with E-state index in [0.717, 1.165) is 17.0 Å². The lowest BCUT2D eigenvalue weighted by Crippen LogP contribution is -2.16. The molecule has 0 aliphatic heterocycles. The zero-order valence-corrected chi connectivity index (χ0v) is 12.4. The fourth-order valence-electron chi connectivity index (χ4n) is 1.85. The van der Waals surface area contributed by atoms with Crippen LogP contribution >= 0.6 is 15.9 Å². The molecular formula is C15H15BrFNO. The number of ether oxygens (including phenoxy) is 1. The van der Waals surface area contributed by atoms with Crippen LogP contribution in [0.3, 0.4) is 0 Å². The summed E-state index contributed by atoms with van der Waals surface area (Å²) in [5.74, 6) is 0.588. The van der Waals surface area contributed by atoms with Crippen LogP contribution in [0.1, 0.15) is 5.56 Å². The maximum atomic E-state index is 13.4. The van der Waals surface area contributed by atoms with Crippen LogP contribution in [0.15, 0.2) is 46.9 Å². The lowest BCUT2D eigenvalue weighted by molar-refractivity contribution is 0.415. The zero-order chi connectivity index (χ0) is 13.8. The van der Waals surface area contributed by atoms with Crippen LogP contribution in [-0.2, 0) is 6.54 Å². The molecule has 19 heavy (non-hydrogen) atoms. The van der Waals surface area contributed by atoms with E-state index in [4.69, 9.17) is 4.74 Å². The van der Waals surface area contributed by atoms with Crippen molar-refractivity contribution in [1.82, 2.24) is 0 Å². The van der Waals surface area contributed by atoms with Gasteiger partial charge in [-0.25, -0.2) is 4.39 Å². The Balaban J connectivity index is 2.15. The Hall–Kier alpha value is -1.55. The zero-order valence-electron chi connectivity index (χ0n) is 10.9. The number of methoxy groups -OCH3 is 1. The highest BCUT2D eigenvalue weighted by Gasteiger charge is 2.08. The lowest BCUT2D eigenvalue weighted by atomic mass is 10.2. The van der Waals surface area contributed by atoms with Crippen LogP contribution in [0.4, 0.5) is 10.1 Å². The number of rotatable bonds is 4. The number of benzene rings is 2. The molecule has 0 fully saturated rings. The summed E-state index contributed by atoms with van der Waals surface area (Å²) < 4.78 is 19.1. The summed E-state index contributed by atoms with van der Waals surface area (Å²) in [6.07, 6.45) is 0. The molecule has 0 radical (unpaired) electrons. The molecule has 2 aromatic rings. The van der Waals surface area contributed by atoms with Crippen molar-refractivity contribution in [2.75, 3.05) is 19.1 Å². The predicted molar refractivity (Wildman–Crippen MR) is 79.2 cm³/mol. The molecule has 2 nitrogen and oxygen atoms in total. The van der Waals surface area contributed by atoms with Gasteiger partial charge in [0.1, 0.15) is 11.6 Å². The fourth-order valence-corrected chi connectivity index (χ4v) is 2.24. The molecule has 0 saturated carbocycles. The topological polar surface area (TPSA) is 12.5 Å². The van der Waals surface area contributed by atoms with Crippen LogP contribution < -0.4 is 9.64 Å². The van der Waals surface area contributed by atoms with Crippen molar-refractivity contribution < 1.29 is 9.13 Å². The number of halogens is 2. The molecule has 0 spiro atoms. The highest BCUT2D eigenvalue weighted by Crippen LogP contribution is 2.24. The molecule has 0 N–H and O–H groups in total. The van der Waals surface area contributed by atoms with Crippen molar-refractivity contribution in [2.24, 2.45) is 0 Å². The van der Waals surface area contributed by atoms with Gasteiger partial charge in [-0.1, -0.05) is 12.1 Å². The average Bonchev–Trinajstić information content (AvgIpc) is 2.44. The molecule has 0 aliphatic rings. The van der Waals surface area contributed by atoms with E-state index >= 15 is 0 Å². The fraction of sp³-hybridized carbons (Fsp3) is 0.200. The first kappa shape index (κ1) is 13.9. The molecule has 0 amide bonds. The van der Waals surface area contributed by atoms with Gasteiger partial charge in [0.05, 0.1) is 11.6 Å². The summed E-state index contributed by atoms with van der Waals surface area (Å²) in [6.45, 7) is 0.630. The maximum absolute atomic E-state index is 13.4. The van der Waals surface area contributed by atoms with Gasteiger partial charge < -0.3 is 9.64 Å². The Morgan fingerprint density at radius 3 is 2.47 bits per heavy atom. The molecule has 0 bridgehead atoms. The molecular weight excluding hydrogens is 309 g/mol. The van der Waals surface area contributed by atoms with Gasteiger partial charge in [0.25, 0.3) is 0 Å². The number of anilines is 1. The average molecular weight is 324 g/mol. The third-order valence-electron chi connectivity index (χ3n) is 2.95. The highest BCUT2D eigenvalue weighted by molar-refractivity contribution is 9.10. The second-order valence-corrected chi connectivity index (χ2v) is 5.06. The SMILES string of the molecule is COc1ccc(N(C)Cc2cccc(F)c2Br)cc1. The third kappa shape index (κ3) is 3.26. The summed E-state index contributed by atoms with van der Waals surface area (Å²) in [4.78, 5) is 2.05. The molecule has 2 aromatic carbocycles. The largest absolute Gasteiger partial charge is 0.497 e. The van der Waals surface area contributed by atoms with Crippen LogP contribution in [0.5, 0.6) is 5.75 Å². The van der Waals surface area contributed by atoms with Gasteiger partial charge >= 0.3 is 0 Å². The molecule has 0 atom stereocenters. The van der Waals surface area contributed by atoms with Crippen LogP contribution in [0, 0.1) is 5.82 Å². The van der Waals surface area contributed by atoms with E-state index in [1.54, 1.807) is 13.2 Å². The van der Waals surface area contributed by atoms with Crippen molar-refractivity contribution in [2.45, 2.75) is 6.54 Å². The third-order valence-corrected chi connectivity index (χ3v) is 3.84. The summed E-state index contributed by atoms with van der Waals surface area (Å²) >= 11 is 3.28. The van der Waals surface area contributed by atoms with Gasteiger partial charge in [-0.2, -0.15) is 0 Å². The Morgan fingerprint density at radius 2 is 1.84 bits per heavy atom. The van der Waals surface area contributed by atoms with E-state index in [1.165, 1.54) is 6.07 Å². The Morgan fingerprint density at radius 1 is 1.16 bits per heavy atom. The minimum Gasteiger partial charge on any atom is -0.497 e. The number of nitrogens with zero attached hydrogens (tertiary/aromatic N) is 1. The molecule has 0 aromatic heterocycles. The first-order valence-corrected chi connectivity index (χ1v) is 6.69. The van der Waals surface area contributed by atoms with E-state index in [2.05, 4.69) is 20.8 Å². The number of hydrogen-bond acceptors (Lipinski definition) is 2. The Labute approximate surface area is 120 Å². The van der Waals surface area contributed by atoms with E-state index in [1.807, 2.05) is 37.4 Å². The molecule has 4 heteroatoms. The van der Waals surface area contributed by atoms with Gasteiger partial charge in [-0.15, -0.1) is 0 Å². The van der Waals surface area contributed by atoms with Crippen molar-refractivity contribution >= 4 is 21.6 Å².